The molecule has 148 valence electrons. The van der Waals surface area contributed by atoms with Crippen molar-refractivity contribution in [2.75, 3.05) is 5.32 Å². The lowest BCUT2D eigenvalue weighted by Gasteiger charge is -2.06. The fourth-order valence-corrected chi connectivity index (χ4v) is 3.00. The topological polar surface area (TPSA) is 58.0 Å². The number of nitrogens with zero attached hydrogens (tertiary/aromatic N) is 3. The van der Waals surface area contributed by atoms with E-state index in [1.54, 1.807) is 0 Å². The summed E-state index contributed by atoms with van der Waals surface area (Å²) in [5, 5.41) is 9.19. The number of aromatic nitrogens is 4. The molecule has 0 aliphatic carbocycles. The van der Waals surface area contributed by atoms with Crippen molar-refractivity contribution in [3.63, 3.8) is 0 Å². The molecule has 3 heterocycles. The Kier molecular flexibility index (Phi) is 6.63. The van der Waals surface area contributed by atoms with Crippen LogP contribution < -0.4 is 5.32 Å². The van der Waals surface area contributed by atoms with Crippen LogP contribution in [0.2, 0.25) is 0 Å². The summed E-state index contributed by atoms with van der Waals surface area (Å²) < 4.78 is 1.86. The van der Waals surface area contributed by atoms with Gasteiger partial charge in [-0.25, -0.2) is 9.50 Å². The van der Waals surface area contributed by atoms with Crippen LogP contribution in [0.25, 0.3) is 27.9 Å². The van der Waals surface area contributed by atoms with Gasteiger partial charge in [-0.05, 0) is 36.4 Å². The molecule has 0 bridgehead atoms. The van der Waals surface area contributed by atoms with Gasteiger partial charge in [-0.2, -0.15) is 0 Å². The Hall–Kier alpha value is -3.60. The highest BCUT2D eigenvalue weighted by molar-refractivity contribution is 5.85. The summed E-state index contributed by atoms with van der Waals surface area (Å²) >= 11 is 0. The van der Waals surface area contributed by atoms with Crippen LogP contribution in [0.3, 0.4) is 0 Å². The van der Waals surface area contributed by atoms with E-state index in [1.807, 2.05) is 93.0 Å². The highest BCUT2D eigenvalue weighted by Gasteiger charge is 2.10. The highest BCUT2D eigenvalue weighted by atomic mass is 15.3. The second-order valence-corrected chi connectivity index (χ2v) is 5.89. The molecule has 2 aromatic carbocycles. The number of para-hydroxylation sites is 2. The van der Waals surface area contributed by atoms with E-state index in [9.17, 15) is 0 Å². The first-order valence-corrected chi connectivity index (χ1v) is 10.1. The molecular weight excluding hydrogens is 358 g/mol. The quantitative estimate of drug-likeness (QED) is 0.364. The average Bonchev–Trinajstić information content (AvgIpc) is 3.41. The van der Waals surface area contributed by atoms with E-state index in [0.29, 0.717) is 0 Å². The fraction of sp³-hybridized carbons (Fsp3) is 0.167. The zero-order chi connectivity index (χ0) is 20.6. The third-order valence-electron chi connectivity index (χ3n) is 4.21. The zero-order valence-electron chi connectivity index (χ0n) is 17.3. The van der Waals surface area contributed by atoms with Gasteiger partial charge in [-0.1, -0.05) is 64.1 Å². The number of hydrogen-bond acceptors (Lipinski definition) is 3. The van der Waals surface area contributed by atoms with E-state index in [2.05, 4.69) is 33.5 Å². The number of anilines is 2. The lowest BCUT2D eigenvalue weighted by molar-refractivity contribution is 0.946. The molecule has 0 unspecified atom stereocenters. The lowest BCUT2D eigenvalue weighted by Crippen LogP contribution is -2.00. The molecule has 0 saturated carbocycles. The van der Waals surface area contributed by atoms with Crippen LogP contribution in [-0.4, -0.2) is 19.6 Å². The van der Waals surface area contributed by atoms with Gasteiger partial charge >= 0.3 is 0 Å². The summed E-state index contributed by atoms with van der Waals surface area (Å²) in [6.07, 6.45) is 1.85. The summed E-state index contributed by atoms with van der Waals surface area (Å²) in [7, 11) is 0. The van der Waals surface area contributed by atoms with E-state index in [-0.39, 0.29) is 0 Å². The van der Waals surface area contributed by atoms with Crippen molar-refractivity contribution in [1.82, 2.24) is 19.6 Å². The molecule has 0 radical (unpaired) electrons. The van der Waals surface area contributed by atoms with E-state index < -0.39 is 0 Å². The number of fused-ring (bicyclic) bond motifs is 2. The smallest absolute Gasteiger partial charge is 0.154 e. The predicted molar refractivity (Wildman–Crippen MR) is 123 cm³/mol. The van der Waals surface area contributed by atoms with E-state index >= 15 is 0 Å². The van der Waals surface area contributed by atoms with Crippen molar-refractivity contribution >= 4 is 28.1 Å². The van der Waals surface area contributed by atoms with Gasteiger partial charge in [0, 0.05) is 16.6 Å². The number of rotatable bonds is 3. The van der Waals surface area contributed by atoms with Crippen molar-refractivity contribution in [2.45, 2.75) is 27.7 Å². The Balaban J connectivity index is 0.000000568. The maximum Gasteiger partial charge on any atom is 0.154 e. The third-order valence-corrected chi connectivity index (χ3v) is 4.21. The molecular formula is C24H27N5. The maximum atomic E-state index is 4.70. The van der Waals surface area contributed by atoms with Crippen LogP contribution in [0.15, 0.2) is 79.0 Å². The second kappa shape index (κ2) is 9.55. The normalized spacial score (nSPS) is 10.1. The maximum absolute atomic E-state index is 4.70. The van der Waals surface area contributed by atoms with Crippen LogP contribution in [0.4, 0.5) is 11.5 Å². The highest BCUT2D eigenvalue weighted by Crippen LogP contribution is 2.25. The molecule has 5 nitrogen and oxygen atoms in total. The molecule has 3 aromatic heterocycles. The minimum absolute atomic E-state index is 0.772. The Morgan fingerprint density at radius 1 is 0.828 bits per heavy atom. The van der Waals surface area contributed by atoms with Crippen molar-refractivity contribution in [3.8, 4) is 11.4 Å². The molecule has 0 atom stereocenters. The summed E-state index contributed by atoms with van der Waals surface area (Å²) in [6.45, 7) is 8.00. The molecule has 0 aliphatic heterocycles. The van der Waals surface area contributed by atoms with Crippen LogP contribution in [-0.2, 0) is 0 Å². The van der Waals surface area contributed by atoms with Gasteiger partial charge in [-0.15, -0.1) is 5.10 Å². The summed E-state index contributed by atoms with van der Waals surface area (Å²) in [5.74, 6) is 0.772. The molecule has 5 aromatic rings. The third kappa shape index (κ3) is 4.29. The molecule has 29 heavy (non-hydrogen) atoms. The van der Waals surface area contributed by atoms with E-state index in [1.165, 1.54) is 5.39 Å². The van der Waals surface area contributed by atoms with E-state index in [4.69, 9.17) is 5.10 Å². The molecule has 0 saturated heterocycles. The van der Waals surface area contributed by atoms with Gasteiger partial charge < -0.3 is 10.3 Å². The number of hydrogen-bond donors (Lipinski definition) is 2. The minimum atomic E-state index is 0.772. The summed E-state index contributed by atoms with van der Waals surface area (Å²) in [5.41, 5.74) is 4.85. The van der Waals surface area contributed by atoms with Gasteiger partial charge in [0.05, 0.1) is 11.9 Å². The van der Waals surface area contributed by atoms with Crippen molar-refractivity contribution in [1.29, 1.82) is 0 Å². The molecule has 0 fully saturated rings. The number of nitrogens with one attached hydrogen (secondary N) is 2. The first kappa shape index (κ1) is 20.1. The van der Waals surface area contributed by atoms with Crippen LogP contribution >= 0.6 is 0 Å². The minimum Gasteiger partial charge on any atom is -0.353 e. The van der Waals surface area contributed by atoms with Gasteiger partial charge in [0.15, 0.2) is 11.5 Å². The molecule has 2 N–H and O–H groups in total. The molecule has 0 aliphatic rings. The Labute approximate surface area is 171 Å². The van der Waals surface area contributed by atoms with Crippen molar-refractivity contribution < 1.29 is 0 Å². The molecule has 5 rings (SSSR count). The largest absolute Gasteiger partial charge is 0.353 e. The number of aromatic amines is 1. The number of H-pyrrole nitrogens is 1. The SMILES string of the molecule is CC.CC.c1ccc(Nc2ccc3ncc(-c4cc5ccccc5[nH]4)n3n2)cc1. The Bertz CT molecular complexity index is 1140. The van der Waals surface area contributed by atoms with Gasteiger partial charge in [0.1, 0.15) is 5.69 Å². The van der Waals surface area contributed by atoms with Gasteiger partial charge in [0.2, 0.25) is 0 Å². The fourth-order valence-electron chi connectivity index (χ4n) is 3.00. The number of imidazole rings is 1. The molecule has 5 heteroatoms. The second-order valence-electron chi connectivity index (χ2n) is 5.89. The van der Waals surface area contributed by atoms with Crippen LogP contribution in [0, 0.1) is 0 Å². The van der Waals surface area contributed by atoms with E-state index in [0.717, 1.165) is 34.1 Å². The molecule has 0 spiro atoms. The Morgan fingerprint density at radius 2 is 1.55 bits per heavy atom. The predicted octanol–water partition coefficient (Wildman–Crippen LogP) is 6.67. The first-order valence-electron chi connectivity index (χ1n) is 10.1. The lowest BCUT2D eigenvalue weighted by atomic mass is 10.2. The summed E-state index contributed by atoms with van der Waals surface area (Å²) in [6, 6.07) is 24.2. The molecule has 0 amide bonds. The van der Waals surface area contributed by atoms with Gasteiger partial charge in [0.25, 0.3) is 0 Å². The van der Waals surface area contributed by atoms with Crippen molar-refractivity contribution in [3.05, 3.63) is 79.0 Å². The van der Waals surface area contributed by atoms with Crippen LogP contribution in [0.1, 0.15) is 27.7 Å². The Morgan fingerprint density at radius 3 is 2.31 bits per heavy atom. The first-order chi connectivity index (χ1) is 14.4. The monoisotopic (exact) mass is 385 g/mol. The zero-order valence-corrected chi connectivity index (χ0v) is 17.3. The average molecular weight is 386 g/mol. The van der Waals surface area contributed by atoms with Gasteiger partial charge in [-0.3, -0.25) is 0 Å². The van der Waals surface area contributed by atoms with Crippen molar-refractivity contribution in [2.24, 2.45) is 0 Å². The van der Waals surface area contributed by atoms with Crippen LogP contribution in [0.5, 0.6) is 0 Å². The standard InChI is InChI=1S/C20H15N5.2C2H6/c1-2-7-15(8-3-1)22-19-10-11-20-21-13-18(25(20)24-19)17-12-14-6-4-5-9-16(14)23-17;2*1-2/h1-13,23H,(H,22,24);2*1-2H3. The number of benzene rings is 2. The summed E-state index contributed by atoms with van der Waals surface area (Å²) in [4.78, 5) is 7.90.